The molecule has 2 atom stereocenters. The van der Waals surface area contributed by atoms with E-state index in [1.54, 1.807) is 43.1 Å². The number of methoxy groups -OCH3 is 1. The number of aromatic nitrogens is 3. The average Bonchev–Trinajstić information content (AvgIpc) is 3.24. The third-order valence-corrected chi connectivity index (χ3v) is 8.92. The van der Waals surface area contributed by atoms with Crippen LogP contribution in [-0.2, 0) is 28.4 Å². The second-order valence-electron chi connectivity index (χ2n) is 9.81. The van der Waals surface area contributed by atoms with Crippen molar-refractivity contribution < 1.29 is 27.8 Å². The lowest BCUT2D eigenvalue weighted by Gasteiger charge is -2.24. The summed E-state index contributed by atoms with van der Waals surface area (Å²) < 4.78 is 41.7. The molecule has 3 aromatic carbocycles. The zero-order valence-electron chi connectivity index (χ0n) is 22.2. The highest BCUT2D eigenvalue weighted by atomic mass is 32.2. The van der Waals surface area contributed by atoms with Crippen LogP contribution in [0.25, 0.3) is 11.0 Å². The fraction of sp³-hybridized carbons (Fsp3) is 0.321. The van der Waals surface area contributed by atoms with E-state index in [2.05, 4.69) is 10.3 Å². The molecular formula is C28H30N4O6S. The van der Waals surface area contributed by atoms with E-state index >= 15 is 0 Å². The number of para-hydroxylation sites is 1. The molecule has 1 aromatic heterocycles. The van der Waals surface area contributed by atoms with Gasteiger partial charge in [0.05, 0.1) is 20.1 Å². The number of carboxylic acids is 1. The fourth-order valence-electron chi connectivity index (χ4n) is 5.09. The van der Waals surface area contributed by atoms with Crippen molar-refractivity contribution in [3.63, 3.8) is 0 Å². The molecule has 4 aromatic rings. The van der Waals surface area contributed by atoms with E-state index in [-0.39, 0.29) is 30.5 Å². The van der Waals surface area contributed by atoms with Gasteiger partial charge in [-0.15, -0.1) is 5.10 Å². The maximum atomic E-state index is 13.6. The van der Waals surface area contributed by atoms with E-state index in [0.29, 0.717) is 22.5 Å². The van der Waals surface area contributed by atoms with Gasteiger partial charge in [0.1, 0.15) is 33.5 Å². The molecule has 1 N–H and O–H groups in total. The normalized spacial score (nSPS) is 17.7. The van der Waals surface area contributed by atoms with Gasteiger partial charge in [-0.2, -0.15) is 4.31 Å². The van der Waals surface area contributed by atoms with Crippen LogP contribution < -0.4 is 9.47 Å². The minimum Gasteiger partial charge on any atom is -0.494 e. The summed E-state index contributed by atoms with van der Waals surface area (Å²) in [4.78, 5) is 12.1. The zero-order chi connectivity index (χ0) is 27.9. The van der Waals surface area contributed by atoms with Crippen LogP contribution in [0.1, 0.15) is 41.5 Å². The van der Waals surface area contributed by atoms with Crippen molar-refractivity contribution in [2.45, 2.75) is 43.7 Å². The minimum atomic E-state index is -3.82. The van der Waals surface area contributed by atoms with Crippen LogP contribution in [0.4, 0.5) is 0 Å². The first-order valence-corrected chi connectivity index (χ1v) is 14.0. The van der Waals surface area contributed by atoms with Gasteiger partial charge in [-0.05, 0) is 60.4 Å². The van der Waals surface area contributed by atoms with E-state index < -0.39 is 21.9 Å². The highest BCUT2D eigenvalue weighted by Crippen LogP contribution is 2.36. The van der Waals surface area contributed by atoms with E-state index in [1.165, 1.54) is 4.31 Å². The van der Waals surface area contributed by atoms with Crippen LogP contribution in [0, 0.1) is 6.92 Å². The molecule has 0 fully saturated rings. The largest absolute Gasteiger partial charge is 0.494 e. The maximum absolute atomic E-state index is 13.6. The number of carbonyl (C=O) groups is 1. The topological polar surface area (TPSA) is 124 Å². The molecular weight excluding hydrogens is 520 g/mol. The van der Waals surface area contributed by atoms with E-state index in [9.17, 15) is 18.3 Å². The van der Waals surface area contributed by atoms with Gasteiger partial charge in [0.15, 0.2) is 0 Å². The molecule has 1 unspecified atom stereocenters. The molecule has 204 valence electrons. The summed E-state index contributed by atoms with van der Waals surface area (Å²) in [6.07, 6.45) is -0.518. The number of rotatable bonds is 7. The van der Waals surface area contributed by atoms with Gasteiger partial charge >= 0.3 is 5.97 Å². The Hall–Kier alpha value is -3.96. The molecule has 0 amide bonds. The molecule has 0 spiro atoms. The Labute approximate surface area is 226 Å². The molecule has 1 aliphatic rings. The molecule has 0 bridgehead atoms. The Morgan fingerprint density at radius 3 is 2.69 bits per heavy atom. The smallest absolute Gasteiger partial charge is 0.304 e. The Balaban J connectivity index is 1.56. The van der Waals surface area contributed by atoms with Crippen LogP contribution >= 0.6 is 0 Å². The van der Waals surface area contributed by atoms with Crippen molar-refractivity contribution >= 4 is 27.0 Å². The van der Waals surface area contributed by atoms with Crippen LogP contribution in [0.3, 0.4) is 0 Å². The number of aryl methyl sites for hydroxylation is 2. The summed E-state index contributed by atoms with van der Waals surface area (Å²) in [6.45, 7) is 4.06. The molecule has 39 heavy (non-hydrogen) atoms. The van der Waals surface area contributed by atoms with Crippen LogP contribution in [0.15, 0.2) is 59.5 Å². The number of nitrogens with zero attached hydrogens (tertiary/aromatic N) is 4. The number of benzene rings is 3. The first-order chi connectivity index (χ1) is 18.6. The highest BCUT2D eigenvalue weighted by molar-refractivity contribution is 7.89. The maximum Gasteiger partial charge on any atom is 0.304 e. The predicted octanol–water partition coefficient (Wildman–Crippen LogP) is 3.86. The lowest BCUT2D eigenvalue weighted by Crippen LogP contribution is -2.35. The highest BCUT2D eigenvalue weighted by Gasteiger charge is 2.33. The van der Waals surface area contributed by atoms with Gasteiger partial charge < -0.3 is 14.6 Å². The summed E-state index contributed by atoms with van der Waals surface area (Å²) in [7, 11) is -0.511. The monoisotopic (exact) mass is 550 g/mol. The van der Waals surface area contributed by atoms with Crippen molar-refractivity contribution in [2.75, 3.05) is 13.7 Å². The Morgan fingerprint density at radius 1 is 1.18 bits per heavy atom. The summed E-state index contributed by atoms with van der Waals surface area (Å²) in [5, 5.41) is 18.1. The van der Waals surface area contributed by atoms with Crippen molar-refractivity contribution in [2.24, 2.45) is 7.05 Å². The van der Waals surface area contributed by atoms with Crippen molar-refractivity contribution in [3.05, 3.63) is 76.9 Å². The lowest BCUT2D eigenvalue weighted by molar-refractivity contribution is -0.137. The van der Waals surface area contributed by atoms with Gasteiger partial charge in [0.25, 0.3) is 0 Å². The number of fused-ring (bicyclic) bond motifs is 2. The molecule has 0 aliphatic carbocycles. The predicted molar refractivity (Wildman–Crippen MR) is 144 cm³/mol. The molecule has 0 saturated carbocycles. The number of carboxylic acid groups (broad SMARTS) is 1. The van der Waals surface area contributed by atoms with Crippen LogP contribution in [0.2, 0.25) is 0 Å². The quantitative estimate of drug-likeness (QED) is 0.368. The number of ether oxygens (including phenoxy) is 2. The summed E-state index contributed by atoms with van der Waals surface area (Å²) >= 11 is 0. The second kappa shape index (κ2) is 10.3. The van der Waals surface area contributed by atoms with Gasteiger partial charge in [-0.3, -0.25) is 4.79 Å². The number of aliphatic carboxylic acids is 1. The van der Waals surface area contributed by atoms with Crippen molar-refractivity contribution in [1.82, 2.24) is 19.3 Å². The Kier molecular flexibility index (Phi) is 7.04. The second-order valence-corrected chi connectivity index (χ2v) is 11.7. The number of sulfonamides is 1. The van der Waals surface area contributed by atoms with Gasteiger partial charge in [0, 0.05) is 19.5 Å². The minimum absolute atomic E-state index is 0.121. The van der Waals surface area contributed by atoms with Crippen molar-refractivity contribution in [3.8, 4) is 11.5 Å². The van der Waals surface area contributed by atoms with Crippen molar-refractivity contribution in [1.29, 1.82) is 0 Å². The van der Waals surface area contributed by atoms with Crippen LogP contribution in [0.5, 0.6) is 11.5 Å². The standard InChI is InChI=1S/C28H30N4O6S/c1-17-9-10-19(22(14-27(33)34)20-12-23-28(25(13-20)37-4)31(3)30-29-23)11-21(17)16-32-15-18(2)38-24-7-5-6-8-26(24)39(32,35)36/h5-13,18,22H,14-16H2,1-4H3,(H,33,34)/t18-,22?/m1/s1. The Bertz CT molecular complexity index is 1670. The summed E-state index contributed by atoms with van der Waals surface area (Å²) in [6, 6.07) is 16.0. The number of hydrogen-bond acceptors (Lipinski definition) is 7. The molecule has 0 saturated heterocycles. The van der Waals surface area contributed by atoms with E-state index in [0.717, 1.165) is 22.3 Å². The average molecular weight is 551 g/mol. The lowest BCUT2D eigenvalue weighted by atomic mass is 9.86. The molecule has 10 nitrogen and oxygen atoms in total. The third kappa shape index (κ3) is 5.07. The van der Waals surface area contributed by atoms with Gasteiger partial charge in [-0.25, -0.2) is 13.1 Å². The fourth-order valence-corrected chi connectivity index (χ4v) is 6.71. The Morgan fingerprint density at radius 2 is 1.95 bits per heavy atom. The molecule has 1 aliphatic heterocycles. The van der Waals surface area contributed by atoms with Gasteiger partial charge in [0.2, 0.25) is 10.0 Å². The number of hydrogen-bond donors (Lipinski definition) is 1. The SMILES string of the molecule is COc1cc(C(CC(=O)O)c2ccc(C)c(CN3C[C@@H](C)Oc4ccccc4S3(=O)=O)c2)cc2nnn(C)c12. The first-order valence-electron chi connectivity index (χ1n) is 12.5. The van der Waals surface area contributed by atoms with E-state index in [1.807, 2.05) is 44.2 Å². The molecule has 11 heteroatoms. The molecule has 5 rings (SSSR count). The van der Waals surface area contributed by atoms with E-state index in [4.69, 9.17) is 9.47 Å². The molecule has 0 radical (unpaired) electrons. The zero-order valence-corrected chi connectivity index (χ0v) is 23.0. The first kappa shape index (κ1) is 26.6. The summed E-state index contributed by atoms with van der Waals surface area (Å²) in [5.41, 5.74) is 4.46. The molecule has 2 heterocycles. The van der Waals surface area contributed by atoms with Gasteiger partial charge in [-0.1, -0.05) is 35.5 Å². The summed E-state index contributed by atoms with van der Waals surface area (Å²) in [5.74, 6) is -0.599. The third-order valence-electron chi connectivity index (χ3n) is 7.07. The van der Waals surface area contributed by atoms with Crippen LogP contribution in [-0.4, -0.2) is 58.6 Å².